The van der Waals surface area contributed by atoms with E-state index in [4.69, 9.17) is 0 Å². The molecule has 0 saturated carbocycles. The average Bonchev–Trinajstić information content (AvgIpc) is 2.30. The van der Waals surface area contributed by atoms with Gasteiger partial charge in [0.2, 0.25) is 5.95 Å². The minimum absolute atomic E-state index is 0.674. The minimum Gasteiger partial charge on any atom is -0.366 e. The Labute approximate surface area is 90.1 Å². The lowest BCUT2D eigenvalue weighted by atomic mass is 10.3. The SMILES string of the molecule is CNc1ncc(N2CCN(C)CC2)cn1. The van der Waals surface area contributed by atoms with Crippen LogP contribution in [0.1, 0.15) is 0 Å². The molecule has 0 spiro atoms. The van der Waals surface area contributed by atoms with Crippen molar-refractivity contribution in [1.82, 2.24) is 14.9 Å². The number of likely N-dealkylation sites (N-methyl/N-ethyl adjacent to an activating group) is 1. The topological polar surface area (TPSA) is 44.3 Å². The van der Waals surface area contributed by atoms with Crippen molar-refractivity contribution in [3.05, 3.63) is 12.4 Å². The fraction of sp³-hybridized carbons (Fsp3) is 0.600. The van der Waals surface area contributed by atoms with Gasteiger partial charge in [-0.25, -0.2) is 9.97 Å². The van der Waals surface area contributed by atoms with E-state index in [1.54, 1.807) is 0 Å². The van der Waals surface area contributed by atoms with Gasteiger partial charge in [-0.05, 0) is 7.05 Å². The first-order chi connectivity index (χ1) is 7.29. The van der Waals surface area contributed by atoms with Crippen molar-refractivity contribution in [3.63, 3.8) is 0 Å². The normalized spacial score (nSPS) is 17.9. The van der Waals surface area contributed by atoms with Crippen molar-refractivity contribution in [2.24, 2.45) is 0 Å². The Balaban J connectivity index is 2.03. The highest BCUT2D eigenvalue weighted by molar-refractivity contribution is 5.44. The highest BCUT2D eigenvalue weighted by atomic mass is 15.3. The monoisotopic (exact) mass is 207 g/mol. The molecular formula is C10H17N5. The van der Waals surface area contributed by atoms with Crippen molar-refractivity contribution in [2.75, 3.05) is 50.5 Å². The van der Waals surface area contributed by atoms with Crippen molar-refractivity contribution in [2.45, 2.75) is 0 Å². The molecule has 0 bridgehead atoms. The summed E-state index contributed by atoms with van der Waals surface area (Å²) in [5.74, 6) is 0.674. The fourth-order valence-electron chi connectivity index (χ4n) is 1.68. The third kappa shape index (κ3) is 2.36. The smallest absolute Gasteiger partial charge is 0.222 e. The van der Waals surface area contributed by atoms with Gasteiger partial charge in [0.05, 0.1) is 18.1 Å². The zero-order valence-electron chi connectivity index (χ0n) is 9.27. The van der Waals surface area contributed by atoms with Gasteiger partial charge in [0.25, 0.3) is 0 Å². The molecule has 0 amide bonds. The van der Waals surface area contributed by atoms with Crippen molar-refractivity contribution in [1.29, 1.82) is 0 Å². The summed E-state index contributed by atoms with van der Waals surface area (Å²) in [5, 5.41) is 2.92. The molecule has 1 N–H and O–H groups in total. The molecule has 0 aromatic carbocycles. The van der Waals surface area contributed by atoms with Gasteiger partial charge in [0.1, 0.15) is 0 Å². The van der Waals surface area contributed by atoms with E-state index in [0.29, 0.717) is 5.95 Å². The molecule has 0 atom stereocenters. The third-order valence-electron chi connectivity index (χ3n) is 2.73. The number of aromatic nitrogens is 2. The lowest BCUT2D eigenvalue weighted by molar-refractivity contribution is 0.312. The van der Waals surface area contributed by atoms with Gasteiger partial charge in [-0.2, -0.15) is 0 Å². The summed E-state index contributed by atoms with van der Waals surface area (Å²) in [6, 6.07) is 0. The maximum absolute atomic E-state index is 4.21. The summed E-state index contributed by atoms with van der Waals surface area (Å²) in [7, 11) is 3.98. The molecular weight excluding hydrogens is 190 g/mol. The van der Waals surface area contributed by atoms with Gasteiger partial charge >= 0.3 is 0 Å². The summed E-state index contributed by atoms with van der Waals surface area (Å²) < 4.78 is 0. The zero-order chi connectivity index (χ0) is 10.7. The number of rotatable bonds is 2. The predicted octanol–water partition coefficient (Wildman–Crippen LogP) is 0.270. The Bertz CT molecular complexity index is 302. The first kappa shape index (κ1) is 10.2. The van der Waals surface area contributed by atoms with E-state index < -0.39 is 0 Å². The highest BCUT2D eigenvalue weighted by Crippen LogP contribution is 2.14. The summed E-state index contributed by atoms with van der Waals surface area (Å²) in [6.45, 7) is 4.32. The van der Waals surface area contributed by atoms with E-state index in [1.165, 1.54) is 0 Å². The van der Waals surface area contributed by atoms with Gasteiger partial charge in [-0.1, -0.05) is 0 Å². The molecule has 2 heterocycles. The van der Waals surface area contributed by atoms with Crippen LogP contribution in [-0.2, 0) is 0 Å². The standard InChI is InChI=1S/C10H17N5/c1-11-10-12-7-9(8-13-10)15-5-3-14(2)4-6-15/h7-8H,3-6H2,1-2H3,(H,11,12,13). The van der Waals surface area contributed by atoms with Crippen LogP contribution in [0.15, 0.2) is 12.4 Å². The molecule has 2 rings (SSSR count). The lowest BCUT2D eigenvalue weighted by Crippen LogP contribution is -2.44. The molecule has 82 valence electrons. The Morgan fingerprint density at radius 1 is 1.13 bits per heavy atom. The summed E-state index contributed by atoms with van der Waals surface area (Å²) >= 11 is 0. The molecule has 1 aliphatic heterocycles. The van der Waals surface area contributed by atoms with Gasteiger partial charge < -0.3 is 15.1 Å². The van der Waals surface area contributed by atoms with Crippen LogP contribution < -0.4 is 10.2 Å². The molecule has 1 fully saturated rings. The molecule has 0 radical (unpaired) electrons. The summed E-state index contributed by atoms with van der Waals surface area (Å²) in [6.07, 6.45) is 3.76. The predicted molar refractivity (Wildman–Crippen MR) is 61.3 cm³/mol. The third-order valence-corrected chi connectivity index (χ3v) is 2.73. The second-order valence-corrected chi connectivity index (χ2v) is 3.81. The van der Waals surface area contributed by atoms with Crippen molar-refractivity contribution in [3.8, 4) is 0 Å². The highest BCUT2D eigenvalue weighted by Gasteiger charge is 2.14. The number of nitrogens with zero attached hydrogens (tertiary/aromatic N) is 4. The lowest BCUT2D eigenvalue weighted by Gasteiger charge is -2.33. The second kappa shape index (κ2) is 4.44. The summed E-state index contributed by atoms with van der Waals surface area (Å²) in [4.78, 5) is 13.1. The van der Waals surface area contributed by atoms with Crippen LogP contribution in [0, 0.1) is 0 Å². The molecule has 0 aliphatic carbocycles. The van der Waals surface area contributed by atoms with E-state index in [0.717, 1.165) is 31.9 Å². The van der Waals surface area contributed by atoms with Crippen LogP contribution in [0.2, 0.25) is 0 Å². The first-order valence-corrected chi connectivity index (χ1v) is 5.23. The quantitative estimate of drug-likeness (QED) is 0.754. The number of anilines is 2. The maximum atomic E-state index is 4.21. The van der Waals surface area contributed by atoms with Crippen LogP contribution >= 0.6 is 0 Å². The number of piperazine rings is 1. The van der Waals surface area contributed by atoms with E-state index in [-0.39, 0.29) is 0 Å². The molecule has 0 unspecified atom stereocenters. The van der Waals surface area contributed by atoms with Crippen LogP contribution in [0.5, 0.6) is 0 Å². The molecule has 5 nitrogen and oxygen atoms in total. The van der Waals surface area contributed by atoms with Crippen LogP contribution in [0.25, 0.3) is 0 Å². The fourth-order valence-corrected chi connectivity index (χ4v) is 1.68. The number of hydrogen-bond donors (Lipinski definition) is 1. The van der Waals surface area contributed by atoms with Crippen LogP contribution in [-0.4, -0.2) is 55.1 Å². The van der Waals surface area contributed by atoms with Gasteiger partial charge in [-0.3, -0.25) is 0 Å². The minimum atomic E-state index is 0.674. The molecule has 1 aromatic rings. The zero-order valence-corrected chi connectivity index (χ0v) is 9.27. The van der Waals surface area contributed by atoms with Crippen molar-refractivity contribution >= 4 is 11.6 Å². The van der Waals surface area contributed by atoms with E-state index in [1.807, 2.05) is 19.4 Å². The Hall–Kier alpha value is -1.36. The molecule has 1 aliphatic rings. The largest absolute Gasteiger partial charge is 0.366 e. The van der Waals surface area contributed by atoms with Crippen LogP contribution in [0.3, 0.4) is 0 Å². The molecule has 1 saturated heterocycles. The number of hydrogen-bond acceptors (Lipinski definition) is 5. The van der Waals surface area contributed by atoms with E-state index in [9.17, 15) is 0 Å². The first-order valence-electron chi connectivity index (χ1n) is 5.23. The molecule has 5 heteroatoms. The van der Waals surface area contributed by atoms with E-state index >= 15 is 0 Å². The summed E-state index contributed by atoms with van der Waals surface area (Å²) in [5.41, 5.74) is 1.11. The van der Waals surface area contributed by atoms with E-state index in [2.05, 4.69) is 32.1 Å². The maximum Gasteiger partial charge on any atom is 0.222 e. The Morgan fingerprint density at radius 2 is 1.73 bits per heavy atom. The average molecular weight is 207 g/mol. The Morgan fingerprint density at radius 3 is 2.27 bits per heavy atom. The van der Waals surface area contributed by atoms with Gasteiger partial charge in [-0.15, -0.1) is 0 Å². The molecule has 15 heavy (non-hydrogen) atoms. The van der Waals surface area contributed by atoms with Gasteiger partial charge in [0, 0.05) is 33.2 Å². The number of nitrogens with one attached hydrogen (secondary N) is 1. The van der Waals surface area contributed by atoms with Crippen molar-refractivity contribution < 1.29 is 0 Å². The second-order valence-electron chi connectivity index (χ2n) is 3.81. The van der Waals surface area contributed by atoms with Gasteiger partial charge in [0.15, 0.2) is 0 Å². The Kier molecular flexibility index (Phi) is 3.01. The van der Waals surface area contributed by atoms with Crippen LogP contribution in [0.4, 0.5) is 11.6 Å². The molecule has 1 aromatic heterocycles.